The molecule has 1 aliphatic heterocycles. The second-order valence-corrected chi connectivity index (χ2v) is 5.42. The maximum atomic E-state index is 11.8. The van der Waals surface area contributed by atoms with Crippen LogP contribution in [0, 0.1) is 0 Å². The van der Waals surface area contributed by atoms with Gasteiger partial charge in [0.2, 0.25) is 5.91 Å². The summed E-state index contributed by atoms with van der Waals surface area (Å²) >= 11 is 0. The molecule has 0 aliphatic carbocycles. The minimum absolute atomic E-state index is 0.0786. The van der Waals surface area contributed by atoms with Crippen LogP contribution >= 0.6 is 0 Å². The minimum atomic E-state index is 0.0786. The molecular weight excluding hydrogens is 262 g/mol. The van der Waals surface area contributed by atoms with Gasteiger partial charge < -0.3 is 4.90 Å². The van der Waals surface area contributed by atoms with E-state index in [2.05, 4.69) is 22.1 Å². The zero-order valence-corrected chi connectivity index (χ0v) is 12.2. The quantitative estimate of drug-likeness (QED) is 0.869. The summed E-state index contributed by atoms with van der Waals surface area (Å²) in [4.78, 5) is 22.7. The molecule has 0 bridgehead atoms. The molecule has 4 heteroatoms. The van der Waals surface area contributed by atoms with Gasteiger partial charge in [0.1, 0.15) is 0 Å². The minimum Gasteiger partial charge on any atom is -0.334 e. The highest BCUT2D eigenvalue weighted by molar-refractivity contribution is 5.74. The zero-order valence-electron chi connectivity index (χ0n) is 12.2. The van der Waals surface area contributed by atoms with Gasteiger partial charge in [-0.25, -0.2) is 0 Å². The number of amides is 1. The van der Waals surface area contributed by atoms with Crippen molar-refractivity contribution in [3.8, 4) is 0 Å². The smallest absolute Gasteiger partial charge is 0.220 e. The van der Waals surface area contributed by atoms with E-state index in [9.17, 15) is 4.79 Å². The van der Waals surface area contributed by atoms with E-state index in [4.69, 9.17) is 0 Å². The zero-order chi connectivity index (χ0) is 14.7. The maximum absolute atomic E-state index is 11.8. The summed E-state index contributed by atoms with van der Waals surface area (Å²) in [6.07, 6.45) is 6.22. The van der Waals surface area contributed by atoms with Crippen molar-refractivity contribution >= 4 is 5.91 Å². The van der Waals surface area contributed by atoms with Crippen molar-refractivity contribution in [3.05, 3.63) is 59.7 Å². The lowest BCUT2D eigenvalue weighted by Crippen LogP contribution is -2.29. The molecule has 1 aromatic carbocycles. The molecule has 108 valence electrons. The molecule has 0 spiro atoms. The van der Waals surface area contributed by atoms with Gasteiger partial charge in [0, 0.05) is 32.3 Å². The Bertz CT molecular complexity index is 627. The van der Waals surface area contributed by atoms with Gasteiger partial charge >= 0.3 is 0 Å². The van der Waals surface area contributed by atoms with Crippen molar-refractivity contribution in [2.45, 2.75) is 32.2 Å². The molecule has 0 saturated carbocycles. The summed E-state index contributed by atoms with van der Waals surface area (Å²) in [5.41, 5.74) is 3.14. The van der Waals surface area contributed by atoms with Crippen LogP contribution in [0.15, 0.2) is 42.7 Å². The molecule has 0 radical (unpaired) electrons. The average Bonchev–Trinajstić information content (AvgIpc) is 2.98. The molecule has 1 atom stereocenters. The number of likely N-dealkylation sites (tertiary alicyclic amines) is 1. The molecule has 1 amide bonds. The molecule has 2 heterocycles. The topological polar surface area (TPSA) is 46.1 Å². The third-order valence-corrected chi connectivity index (χ3v) is 3.99. The summed E-state index contributed by atoms with van der Waals surface area (Å²) < 4.78 is 0. The predicted molar refractivity (Wildman–Crippen MR) is 80.6 cm³/mol. The van der Waals surface area contributed by atoms with Crippen LogP contribution in [-0.2, 0) is 11.2 Å². The Morgan fingerprint density at radius 2 is 2.00 bits per heavy atom. The van der Waals surface area contributed by atoms with Crippen molar-refractivity contribution in [2.75, 3.05) is 6.54 Å². The third kappa shape index (κ3) is 2.94. The molecule has 3 rings (SSSR count). The first-order valence-electron chi connectivity index (χ1n) is 7.36. The van der Waals surface area contributed by atoms with Crippen LogP contribution in [-0.4, -0.2) is 27.3 Å². The number of rotatable bonds is 3. The molecule has 2 aromatic rings. The van der Waals surface area contributed by atoms with E-state index in [0.29, 0.717) is 0 Å². The van der Waals surface area contributed by atoms with Crippen LogP contribution in [0.1, 0.15) is 42.8 Å². The Morgan fingerprint density at radius 1 is 1.24 bits per heavy atom. The second-order valence-electron chi connectivity index (χ2n) is 5.42. The monoisotopic (exact) mass is 281 g/mol. The molecule has 1 saturated heterocycles. The lowest BCUT2D eigenvalue weighted by molar-refractivity contribution is -0.129. The summed E-state index contributed by atoms with van der Waals surface area (Å²) in [5.74, 6) is 0.119. The average molecular weight is 281 g/mol. The summed E-state index contributed by atoms with van der Waals surface area (Å²) in [5, 5.41) is 0. The van der Waals surface area contributed by atoms with Gasteiger partial charge in [-0.15, -0.1) is 0 Å². The number of hydrogen-bond acceptors (Lipinski definition) is 3. The van der Waals surface area contributed by atoms with E-state index >= 15 is 0 Å². The number of aromatic nitrogens is 2. The third-order valence-electron chi connectivity index (χ3n) is 3.99. The van der Waals surface area contributed by atoms with E-state index in [1.54, 1.807) is 19.3 Å². The van der Waals surface area contributed by atoms with Crippen LogP contribution in [0.2, 0.25) is 0 Å². The second kappa shape index (κ2) is 6.04. The highest BCUT2D eigenvalue weighted by atomic mass is 16.2. The van der Waals surface area contributed by atoms with Crippen LogP contribution in [0.4, 0.5) is 0 Å². The van der Waals surface area contributed by atoms with E-state index in [-0.39, 0.29) is 11.9 Å². The Kier molecular flexibility index (Phi) is 3.95. The normalized spacial score (nSPS) is 18.0. The maximum Gasteiger partial charge on any atom is 0.220 e. The van der Waals surface area contributed by atoms with Gasteiger partial charge in [-0.2, -0.15) is 0 Å². The van der Waals surface area contributed by atoms with Crippen LogP contribution in [0.5, 0.6) is 0 Å². The fourth-order valence-electron chi connectivity index (χ4n) is 3.01. The first-order chi connectivity index (χ1) is 10.3. The lowest BCUT2D eigenvalue weighted by Gasteiger charge is -2.24. The van der Waals surface area contributed by atoms with Gasteiger partial charge in [-0.1, -0.05) is 30.3 Å². The van der Waals surface area contributed by atoms with Crippen molar-refractivity contribution in [2.24, 2.45) is 0 Å². The van der Waals surface area contributed by atoms with Crippen LogP contribution in [0.3, 0.4) is 0 Å². The van der Waals surface area contributed by atoms with E-state index in [1.165, 1.54) is 5.56 Å². The fraction of sp³-hybridized carbons (Fsp3) is 0.353. The summed E-state index contributed by atoms with van der Waals surface area (Å²) in [6.45, 7) is 2.45. The summed E-state index contributed by atoms with van der Waals surface area (Å²) in [6, 6.07) is 10.3. The largest absolute Gasteiger partial charge is 0.334 e. The number of hydrogen-bond donors (Lipinski definition) is 0. The Balaban J connectivity index is 1.91. The van der Waals surface area contributed by atoms with Crippen molar-refractivity contribution in [3.63, 3.8) is 0 Å². The number of carbonyl (C=O) groups excluding carboxylic acids is 1. The molecule has 1 aromatic heterocycles. The van der Waals surface area contributed by atoms with E-state index < -0.39 is 0 Å². The van der Waals surface area contributed by atoms with Crippen LogP contribution < -0.4 is 0 Å². The Labute approximate surface area is 124 Å². The molecule has 1 aliphatic rings. The first kappa shape index (κ1) is 13.7. The number of benzene rings is 1. The molecular formula is C17H19N3O. The van der Waals surface area contributed by atoms with Crippen molar-refractivity contribution in [1.82, 2.24) is 14.9 Å². The highest BCUT2D eigenvalue weighted by Crippen LogP contribution is 2.32. The van der Waals surface area contributed by atoms with Gasteiger partial charge in [-0.3, -0.25) is 14.8 Å². The van der Waals surface area contributed by atoms with Crippen molar-refractivity contribution in [1.29, 1.82) is 0 Å². The van der Waals surface area contributed by atoms with Gasteiger partial charge in [-0.05, 0) is 18.4 Å². The van der Waals surface area contributed by atoms with Crippen molar-refractivity contribution < 1.29 is 4.79 Å². The van der Waals surface area contributed by atoms with E-state index in [1.807, 2.05) is 23.1 Å². The Hall–Kier alpha value is -2.23. The molecule has 1 fully saturated rings. The van der Waals surface area contributed by atoms with Gasteiger partial charge in [0.25, 0.3) is 0 Å². The lowest BCUT2D eigenvalue weighted by atomic mass is 10.0. The fourth-order valence-corrected chi connectivity index (χ4v) is 3.01. The number of carbonyl (C=O) groups is 1. The van der Waals surface area contributed by atoms with Gasteiger partial charge in [0.05, 0.1) is 17.4 Å². The predicted octanol–water partition coefficient (Wildman–Crippen LogP) is 2.75. The highest BCUT2D eigenvalue weighted by Gasteiger charge is 2.30. The molecule has 0 N–H and O–H groups in total. The Morgan fingerprint density at radius 3 is 2.76 bits per heavy atom. The summed E-state index contributed by atoms with van der Waals surface area (Å²) in [7, 11) is 0. The SMILES string of the molecule is CC(=O)N1CCC[C@H]1c1nccnc1Cc1ccccc1. The molecule has 21 heavy (non-hydrogen) atoms. The molecule has 0 unspecified atom stereocenters. The molecule has 4 nitrogen and oxygen atoms in total. The van der Waals surface area contributed by atoms with E-state index in [0.717, 1.165) is 37.2 Å². The number of nitrogens with zero attached hydrogens (tertiary/aromatic N) is 3. The van der Waals surface area contributed by atoms with Gasteiger partial charge in [0.15, 0.2) is 0 Å². The van der Waals surface area contributed by atoms with Crippen LogP contribution in [0.25, 0.3) is 0 Å². The standard InChI is InChI=1S/C17H19N3O/c1-13(21)20-11-5-8-16(20)17-15(18-9-10-19-17)12-14-6-3-2-4-7-14/h2-4,6-7,9-10,16H,5,8,11-12H2,1H3/t16-/m0/s1. The first-order valence-corrected chi connectivity index (χ1v) is 7.36.